The van der Waals surface area contributed by atoms with Gasteiger partial charge in [0, 0.05) is 39.2 Å². The monoisotopic (exact) mass is 307 g/mol. The number of piperidine rings is 1. The fourth-order valence-electron chi connectivity index (χ4n) is 2.29. The predicted octanol–water partition coefficient (Wildman–Crippen LogP) is 0.289. The Bertz CT molecular complexity index is 315. The summed E-state index contributed by atoms with van der Waals surface area (Å²) in [6, 6.07) is 0.0700. The van der Waals surface area contributed by atoms with Crippen molar-refractivity contribution < 1.29 is 14.3 Å². The molecule has 0 aromatic rings. The molecule has 20 heavy (non-hydrogen) atoms. The molecule has 3 N–H and O–H groups in total. The second-order valence-electron chi connectivity index (χ2n) is 4.90. The number of nitrogens with one attached hydrogen (secondary N) is 1. The summed E-state index contributed by atoms with van der Waals surface area (Å²) in [6.07, 6.45) is 2.92. The molecule has 1 heterocycles. The maximum atomic E-state index is 12.2. The van der Waals surface area contributed by atoms with E-state index in [1.54, 1.807) is 6.92 Å². The number of rotatable bonds is 6. The van der Waals surface area contributed by atoms with Crippen LogP contribution in [-0.4, -0.2) is 55.6 Å². The Labute approximate surface area is 126 Å². The zero-order valence-electron chi connectivity index (χ0n) is 12.3. The number of carbonyl (C=O) groups excluding carboxylic acids is 2. The molecule has 0 radical (unpaired) electrons. The molecule has 2 amide bonds. The van der Waals surface area contributed by atoms with Crippen molar-refractivity contribution in [1.29, 1.82) is 0 Å². The van der Waals surface area contributed by atoms with Crippen LogP contribution >= 0.6 is 12.4 Å². The van der Waals surface area contributed by atoms with Crippen molar-refractivity contribution in [3.8, 4) is 0 Å². The Morgan fingerprint density at radius 3 is 2.75 bits per heavy atom. The summed E-state index contributed by atoms with van der Waals surface area (Å²) in [5.41, 5.74) is 5.33. The third-order valence-electron chi connectivity index (χ3n) is 3.52. The first kappa shape index (κ1) is 19.1. The highest BCUT2D eigenvalue weighted by molar-refractivity contribution is 5.85. The Morgan fingerprint density at radius 1 is 1.45 bits per heavy atom. The van der Waals surface area contributed by atoms with E-state index < -0.39 is 6.10 Å². The Kier molecular flexibility index (Phi) is 9.54. The lowest BCUT2D eigenvalue weighted by Gasteiger charge is -2.37. The van der Waals surface area contributed by atoms with E-state index in [0.717, 1.165) is 25.8 Å². The fourth-order valence-corrected chi connectivity index (χ4v) is 2.29. The Balaban J connectivity index is 0.00000361. The summed E-state index contributed by atoms with van der Waals surface area (Å²) >= 11 is 0. The maximum absolute atomic E-state index is 12.2. The number of hydrogen-bond donors (Lipinski definition) is 2. The molecule has 0 spiro atoms. The minimum Gasteiger partial charge on any atom is -0.372 e. The van der Waals surface area contributed by atoms with Crippen LogP contribution in [-0.2, 0) is 14.3 Å². The van der Waals surface area contributed by atoms with E-state index in [-0.39, 0.29) is 30.3 Å². The second-order valence-corrected chi connectivity index (χ2v) is 4.90. The van der Waals surface area contributed by atoms with E-state index in [0.29, 0.717) is 19.5 Å². The minimum atomic E-state index is -0.430. The van der Waals surface area contributed by atoms with Crippen LogP contribution in [0.4, 0.5) is 0 Å². The molecule has 0 aromatic heterocycles. The minimum absolute atomic E-state index is 0. The number of nitrogens with zero attached hydrogens (tertiary/aromatic N) is 1. The summed E-state index contributed by atoms with van der Waals surface area (Å²) in [5, 5.41) is 2.84. The lowest BCUT2D eigenvalue weighted by Crippen LogP contribution is -2.52. The molecule has 1 aliphatic heterocycles. The van der Waals surface area contributed by atoms with Gasteiger partial charge < -0.3 is 20.7 Å². The Morgan fingerprint density at radius 2 is 2.15 bits per heavy atom. The predicted molar refractivity (Wildman–Crippen MR) is 79.8 cm³/mol. The highest BCUT2D eigenvalue weighted by Crippen LogP contribution is 2.18. The maximum Gasteiger partial charge on any atom is 0.251 e. The smallest absolute Gasteiger partial charge is 0.251 e. The summed E-state index contributed by atoms with van der Waals surface area (Å²) in [4.78, 5) is 25.4. The number of ether oxygens (including phenoxy) is 1. The van der Waals surface area contributed by atoms with E-state index in [2.05, 4.69) is 5.32 Å². The normalized spacial score (nSPS) is 19.9. The molecule has 7 heteroatoms. The molecule has 0 aliphatic carbocycles. The van der Waals surface area contributed by atoms with Gasteiger partial charge >= 0.3 is 0 Å². The van der Waals surface area contributed by atoms with Gasteiger partial charge in [-0.15, -0.1) is 12.4 Å². The van der Waals surface area contributed by atoms with Crippen LogP contribution in [0, 0.1) is 0 Å². The first-order valence-electron chi connectivity index (χ1n) is 6.90. The van der Waals surface area contributed by atoms with Gasteiger partial charge in [0.15, 0.2) is 0 Å². The van der Waals surface area contributed by atoms with Crippen LogP contribution < -0.4 is 11.1 Å². The molecule has 2 atom stereocenters. The zero-order chi connectivity index (χ0) is 14.3. The lowest BCUT2D eigenvalue weighted by atomic mass is 10.0. The molecule has 1 fully saturated rings. The van der Waals surface area contributed by atoms with Crippen LogP contribution in [0.2, 0.25) is 0 Å². The van der Waals surface area contributed by atoms with Crippen molar-refractivity contribution in [2.45, 2.75) is 44.8 Å². The van der Waals surface area contributed by atoms with Gasteiger partial charge in [0.2, 0.25) is 5.91 Å². The van der Waals surface area contributed by atoms with Gasteiger partial charge in [-0.3, -0.25) is 9.59 Å². The fraction of sp³-hybridized carbons (Fsp3) is 0.846. The van der Waals surface area contributed by atoms with E-state index in [4.69, 9.17) is 10.5 Å². The average molecular weight is 308 g/mol. The van der Waals surface area contributed by atoms with Gasteiger partial charge in [-0.1, -0.05) is 0 Å². The Hall–Kier alpha value is -0.850. The second kappa shape index (κ2) is 9.96. The van der Waals surface area contributed by atoms with Gasteiger partial charge in [0.25, 0.3) is 5.91 Å². The number of halogens is 1. The summed E-state index contributed by atoms with van der Waals surface area (Å²) in [5.74, 6) is -0.0551. The highest BCUT2D eigenvalue weighted by atomic mass is 35.5. The molecule has 0 aromatic carbocycles. The van der Waals surface area contributed by atoms with Crippen LogP contribution in [0.25, 0.3) is 0 Å². The first-order chi connectivity index (χ1) is 9.10. The SMILES string of the molecule is COC(C)C(=O)N1CCCCC1CNC(=O)CCN.Cl. The topological polar surface area (TPSA) is 84.7 Å². The van der Waals surface area contributed by atoms with Crippen LogP contribution in [0.3, 0.4) is 0 Å². The molecule has 0 saturated carbocycles. The summed E-state index contributed by atoms with van der Waals surface area (Å²) in [7, 11) is 1.53. The molecule has 2 unspecified atom stereocenters. The highest BCUT2D eigenvalue weighted by Gasteiger charge is 2.29. The van der Waals surface area contributed by atoms with E-state index >= 15 is 0 Å². The number of amides is 2. The molecular formula is C13H26ClN3O3. The van der Waals surface area contributed by atoms with Gasteiger partial charge in [0.1, 0.15) is 6.10 Å². The van der Waals surface area contributed by atoms with Crippen LogP contribution in [0.15, 0.2) is 0 Å². The lowest BCUT2D eigenvalue weighted by molar-refractivity contribution is -0.145. The number of nitrogens with two attached hydrogens (primary N) is 1. The van der Waals surface area contributed by atoms with Crippen LogP contribution in [0.5, 0.6) is 0 Å². The average Bonchev–Trinajstić information content (AvgIpc) is 2.44. The number of hydrogen-bond acceptors (Lipinski definition) is 4. The van der Waals surface area contributed by atoms with Gasteiger partial charge in [-0.2, -0.15) is 0 Å². The molecule has 0 bridgehead atoms. The van der Waals surface area contributed by atoms with Gasteiger partial charge in [-0.05, 0) is 26.2 Å². The van der Waals surface area contributed by atoms with Crippen molar-refractivity contribution in [3.05, 3.63) is 0 Å². The van der Waals surface area contributed by atoms with Crippen LogP contribution in [0.1, 0.15) is 32.6 Å². The van der Waals surface area contributed by atoms with E-state index in [9.17, 15) is 9.59 Å². The summed E-state index contributed by atoms with van der Waals surface area (Å²) in [6.45, 7) is 3.34. The van der Waals surface area contributed by atoms with Crippen molar-refractivity contribution in [2.75, 3.05) is 26.7 Å². The molecule has 1 rings (SSSR count). The molecule has 1 saturated heterocycles. The number of carbonyl (C=O) groups is 2. The number of methoxy groups -OCH3 is 1. The summed E-state index contributed by atoms with van der Waals surface area (Å²) < 4.78 is 5.08. The molecule has 1 aliphatic rings. The molecular weight excluding hydrogens is 282 g/mol. The molecule has 6 nitrogen and oxygen atoms in total. The van der Waals surface area contributed by atoms with E-state index in [1.165, 1.54) is 7.11 Å². The van der Waals surface area contributed by atoms with Crippen molar-refractivity contribution >= 4 is 24.2 Å². The van der Waals surface area contributed by atoms with Crippen molar-refractivity contribution in [3.63, 3.8) is 0 Å². The van der Waals surface area contributed by atoms with E-state index in [1.807, 2.05) is 4.90 Å². The van der Waals surface area contributed by atoms with Crippen molar-refractivity contribution in [1.82, 2.24) is 10.2 Å². The molecule has 118 valence electrons. The quantitative estimate of drug-likeness (QED) is 0.738. The largest absolute Gasteiger partial charge is 0.372 e. The van der Waals surface area contributed by atoms with Gasteiger partial charge in [-0.25, -0.2) is 0 Å². The van der Waals surface area contributed by atoms with Gasteiger partial charge in [0.05, 0.1) is 0 Å². The third kappa shape index (κ3) is 5.64. The number of likely N-dealkylation sites (tertiary alicyclic amines) is 1. The zero-order valence-corrected chi connectivity index (χ0v) is 13.1. The third-order valence-corrected chi connectivity index (χ3v) is 3.52. The standard InChI is InChI=1S/C13H25N3O3.ClH/c1-10(19-2)13(18)16-8-4-3-5-11(16)9-15-12(17)6-7-14;/h10-11H,3-9,14H2,1-2H3,(H,15,17);1H. The first-order valence-corrected chi connectivity index (χ1v) is 6.90. The van der Waals surface area contributed by atoms with Crippen molar-refractivity contribution in [2.24, 2.45) is 5.73 Å².